The summed E-state index contributed by atoms with van der Waals surface area (Å²) in [5.74, 6) is 0.0922. The molecule has 3 rings (SSSR count). The van der Waals surface area contributed by atoms with E-state index in [0.29, 0.717) is 41.7 Å². The maximum atomic E-state index is 12.3. The van der Waals surface area contributed by atoms with Crippen LogP contribution in [0.25, 0.3) is 6.08 Å². The van der Waals surface area contributed by atoms with Crippen LogP contribution in [0.15, 0.2) is 44.7 Å². The number of phenols is 1. The van der Waals surface area contributed by atoms with Crippen LogP contribution in [0.2, 0.25) is 0 Å². The van der Waals surface area contributed by atoms with E-state index in [9.17, 15) is 20.0 Å². The fraction of sp³-hybridized carbons (Fsp3) is 0.111. The Morgan fingerprint density at radius 3 is 2.83 bits per heavy atom. The van der Waals surface area contributed by atoms with Crippen LogP contribution in [-0.2, 0) is 4.79 Å². The largest absolute Gasteiger partial charge is 0.504 e. The third-order valence-electron chi connectivity index (χ3n) is 3.66. The molecule has 0 unspecified atom stereocenters. The number of ether oxygens (including phenoxy) is 1. The maximum absolute atomic E-state index is 12.3. The summed E-state index contributed by atoms with van der Waals surface area (Å²) in [6.45, 7) is 2.22. The highest BCUT2D eigenvalue weighted by Crippen LogP contribution is 2.36. The van der Waals surface area contributed by atoms with Gasteiger partial charge in [-0.25, -0.2) is 4.99 Å². The van der Waals surface area contributed by atoms with Crippen molar-refractivity contribution < 1.29 is 19.6 Å². The number of nitro benzene ring substituents is 1. The number of amides is 1. The van der Waals surface area contributed by atoms with Gasteiger partial charge in [-0.1, -0.05) is 0 Å². The maximum Gasteiger partial charge on any atom is 0.270 e. The summed E-state index contributed by atoms with van der Waals surface area (Å²) < 4.78 is 6.47. The van der Waals surface area contributed by atoms with E-state index in [-0.39, 0.29) is 17.3 Å². The second-order valence-corrected chi connectivity index (χ2v) is 8.70. The molecule has 1 aliphatic rings. The minimum atomic E-state index is -0.496. The highest BCUT2D eigenvalue weighted by Gasteiger charge is 2.24. The number of phenolic OH excluding ortho intramolecular Hbond substituents is 1. The topological polar surface area (TPSA) is 114 Å². The molecule has 0 spiro atoms. The van der Waals surface area contributed by atoms with Gasteiger partial charge < -0.3 is 15.2 Å². The number of aromatic hydroxyl groups is 1. The number of thioether (sulfide) groups is 1. The SMILES string of the molecule is CCOc1cc(/C=C2/SC(=Nc3ccc([N+](=O)[O-])cc3Br)NC2=O)cc(I)c1O. The van der Waals surface area contributed by atoms with Crippen molar-refractivity contribution in [3.05, 3.63) is 59.0 Å². The van der Waals surface area contributed by atoms with Crippen molar-refractivity contribution in [1.29, 1.82) is 0 Å². The molecule has 11 heteroatoms. The molecule has 1 amide bonds. The lowest BCUT2D eigenvalue weighted by atomic mass is 10.2. The van der Waals surface area contributed by atoms with Gasteiger partial charge in [-0.3, -0.25) is 14.9 Å². The molecule has 0 aromatic heterocycles. The second-order valence-electron chi connectivity index (χ2n) is 5.66. The van der Waals surface area contributed by atoms with Crippen LogP contribution in [0, 0.1) is 13.7 Å². The third-order valence-corrected chi connectivity index (χ3v) is 6.03. The molecule has 1 heterocycles. The van der Waals surface area contributed by atoms with E-state index >= 15 is 0 Å². The Bertz CT molecular complexity index is 1070. The van der Waals surface area contributed by atoms with Crippen molar-refractivity contribution in [1.82, 2.24) is 5.32 Å². The Labute approximate surface area is 191 Å². The van der Waals surface area contributed by atoms with Gasteiger partial charge in [-0.2, -0.15) is 0 Å². The molecule has 0 radical (unpaired) electrons. The molecule has 29 heavy (non-hydrogen) atoms. The monoisotopic (exact) mass is 589 g/mol. The summed E-state index contributed by atoms with van der Waals surface area (Å²) in [5, 5.41) is 23.9. The number of hydrogen-bond donors (Lipinski definition) is 2. The number of nitrogens with zero attached hydrogens (tertiary/aromatic N) is 2. The van der Waals surface area contributed by atoms with Crippen molar-refractivity contribution >= 4 is 78.8 Å². The molecule has 1 saturated heterocycles. The number of carbonyl (C=O) groups excluding carboxylic acids is 1. The summed E-state index contributed by atoms with van der Waals surface area (Å²) in [4.78, 5) is 27.4. The van der Waals surface area contributed by atoms with E-state index in [1.807, 2.05) is 29.5 Å². The van der Waals surface area contributed by atoms with Crippen molar-refractivity contribution in [2.24, 2.45) is 4.99 Å². The Morgan fingerprint density at radius 2 is 2.17 bits per heavy atom. The molecule has 0 bridgehead atoms. The molecule has 8 nitrogen and oxygen atoms in total. The number of hydrogen-bond acceptors (Lipinski definition) is 7. The van der Waals surface area contributed by atoms with Gasteiger partial charge in [0.1, 0.15) is 0 Å². The Morgan fingerprint density at radius 1 is 1.41 bits per heavy atom. The Hall–Kier alpha value is -2.12. The van der Waals surface area contributed by atoms with E-state index < -0.39 is 4.92 Å². The molecule has 1 aliphatic heterocycles. The zero-order valence-electron chi connectivity index (χ0n) is 14.8. The molecule has 2 N–H and O–H groups in total. The van der Waals surface area contributed by atoms with Crippen molar-refractivity contribution in [2.75, 3.05) is 6.61 Å². The standard InChI is InChI=1S/C18H13BrIN3O5S/c1-2-28-14-6-9(5-12(20)16(14)24)7-15-17(25)22-18(29-15)21-13-4-3-10(23(26)27)8-11(13)19/h3-8,24H,2H2,1H3,(H,21,22,25)/b15-7+. The van der Waals surface area contributed by atoms with Gasteiger partial charge >= 0.3 is 0 Å². The predicted molar refractivity (Wildman–Crippen MR) is 124 cm³/mol. The number of nitro groups is 1. The zero-order chi connectivity index (χ0) is 21.1. The van der Waals surface area contributed by atoms with Crippen molar-refractivity contribution in [3.8, 4) is 11.5 Å². The fourth-order valence-electron chi connectivity index (χ4n) is 2.38. The van der Waals surface area contributed by atoms with Crippen LogP contribution in [0.3, 0.4) is 0 Å². The fourth-order valence-corrected chi connectivity index (χ4v) is 4.30. The summed E-state index contributed by atoms with van der Waals surface area (Å²) in [6, 6.07) is 7.59. The van der Waals surface area contributed by atoms with E-state index in [1.54, 1.807) is 18.2 Å². The van der Waals surface area contributed by atoms with Gasteiger partial charge in [0.15, 0.2) is 16.7 Å². The van der Waals surface area contributed by atoms with Gasteiger partial charge in [0.05, 0.1) is 30.2 Å². The Balaban J connectivity index is 1.87. The highest BCUT2D eigenvalue weighted by molar-refractivity contribution is 14.1. The molecule has 150 valence electrons. The van der Waals surface area contributed by atoms with Crippen molar-refractivity contribution in [2.45, 2.75) is 6.92 Å². The lowest BCUT2D eigenvalue weighted by molar-refractivity contribution is -0.384. The molecule has 0 aliphatic carbocycles. The first-order valence-corrected chi connectivity index (χ1v) is 10.9. The summed E-state index contributed by atoms with van der Waals surface area (Å²) in [7, 11) is 0. The van der Waals surface area contributed by atoms with Crippen LogP contribution in [0.4, 0.5) is 11.4 Å². The van der Waals surface area contributed by atoms with Crippen LogP contribution >= 0.6 is 50.3 Å². The molecular weight excluding hydrogens is 577 g/mol. The third kappa shape index (κ3) is 5.08. The molecule has 0 atom stereocenters. The number of nitrogens with one attached hydrogen (secondary N) is 1. The average molecular weight is 590 g/mol. The van der Waals surface area contributed by atoms with Crippen LogP contribution in [0.1, 0.15) is 12.5 Å². The molecule has 1 fully saturated rings. The van der Waals surface area contributed by atoms with E-state index in [0.717, 1.165) is 11.8 Å². The van der Waals surface area contributed by atoms with Crippen LogP contribution in [0.5, 0.6) is 11.5 Å². The van der Waals surface area contributed by atoms with Crippen LogP contribution in [-0.4, -0.2) is 27.7 Å². The van der Waals surface area contributed by atoms with Gasteiger partial charge in [-0.05, 0) is 87.0 Å². The Kier molecular flexibility index (Phi) is 6.80. The summed E-state index contributed by atoms with van der Waals surface area (Å²) >= 11 is 6.40. The number of non-ortho nitro benzene ring substituents is 1. The number of amidine groups is 1. The second kappa shape index (κ2) is 9.13. The van der Waals surface area contributed by atoms with Gasteiger partial charge in [0.25, 0.3) is 11.6 Å². The lowest BCUT2D eigenvalue weighted by Crippen LogP contribution is -2.19. The summed E-state index contributed by atoms with van der Waals surface area (Å²) in [6.07, 6.45) is 1.68. The normalized spacial score (nSPS) is 16.3. The highest BCUT2D eigenvalue weighted by atomic mass is 127. The lowest BCUT2D eigenvalue weighted by Gasteiger charge is -2.08. The number of halogens is 2. The van der Waals surface area contributed by atoms with Gasteiger partial charge in [0.2, 0.25) is 0 Å². The van der Waals surface area contributed by atoms with E-state index in [1.165, 1.54) is 18.2 Å². The number of rotatable bonds is 5. The smallest absolute Gasteiger partial charge is 0.270 e. The van der Waals surface area contributed by atoms with E-state index in [4.69, 9.17) is 4.74 Å². The van der Waals surface area contributed by atoms with E-state index in [2.05, 4.69) is 26.2 Å². The van der Waals surface area contributed by atoms with Crippen molar-refractivity contribution in [3.63, 3.8) is 0 Å². The van der Waals surface area contributed by atoms with Crippen LogP contribution < -0.4 is 10.1 Å². The predicted octanol–water partition coefficient (Wildman–Crippen LogP) is 4.96. The summed E-state index contributed by atoms with van der Waals surface area (Å²) in [5.41, 5.74) is 1.10. The minimum Gasteiger partial charge on any atom is -0.504 e. The minimum absolute atomic E-state index is 0.0587. The number of aliphatic imine (C=N–C) groups is 1. The first kappa shape index (κ1) is 21.6. The molecule has 0 saturated carbocycles. The van der Waals surface area contributed by atoms with Gasteiger partial charge in [-0.15, -0.1) is 0 Å². The molecular formula is C18H13BrIN3O5S. The first-order chi connectivity index (χ1) is 13.8. The quantitative estimate of drug-likeness (QED) is 0.221. The zero-order valence-corrected chi connectivity index (χ0v) is 19.4. The first-order valence-electron chi connectivity index (χ1n) is 8.17. The number of benzene rings is 2. The molecule has 2 aromatic rings. The average Bonchev–Trinajstić information content (AvgIpc) is 3.00. The molecule has 2 aromatic carbocycles. The van der Waals surface area contributed by atoms with Gasteiger partial charge in [0, 0.05) is 12.1 Å². The number of carbonyl (C=O) groups is 1.